The first-order valence-electron chi connectivity index (χ1n) is 7.91. The van der Waals surface area contributed by atoms with Gasteiger partial charge in [0.05, 0.1) is 11.2 Å². The maximum atomic E-state index is 14.6. The molecule has 1 fully saturated rings. The van der Waals surface area contributed by atoms with Gasteiger partial charge in [-0.3, -0.25) is 0 Å². The Morgan fingerprint density at radius 1 is 1.13 bits per heavy atom. The van der Waals surface area contributed by atoms with Crippen LogP contribution in [0.5, 0.6) is 0 Å². The summed E-state index contributed by atoms with van der Waals surface area (Å²) < 4.78 is 39.8. The summed E-state index contributed by atoms with van der Waals surface area (Å²) in [5, 5.41) is 0. The lowest BCUT2D eigenvalue weighted by Gasteiger charge is -2.32. The van der Waals surface area contributed by atoms with E-state index in [1.165, 1.54) is 12.1 Å². The molecule has 0 bridgehead atoms. The largest absolute Gasteiger partial charge is 0.524 e. The van der Waals surface area contributed by atoms with Crippen LogP contribution in [-0.2, 0) is 15.7 Å². The van der Waals surface area contributed by atoms with E-state index in [9.17, 15) is 8.78 Å². The average Bonchev–Trinajstić information content (AvgIpc) is 2.61. The molecule has 1 aliphatic heterocycles. The van der Waals surface area contributed by atoms with Gasteiger partial charge in [-0.25, -0.2) is 8.78 Å². The van der Waals surface area contributed by atoms with E-state index in [0.717, 1.165) is 0 Å². The average molecular weight is 322 g/mol. The van der Waals surface area contributed by atoms with Crippen molar-refractivity contribution in [1.82, 2.24) is 0 Å². The molecule has 1 aromatic carbocycles. The molecule has 1 aromatic rings. The highest BCUT2D eigenvalue weighted by atomic mass is 19.1. The van der Waals surface area contributed by atoms with E-state index >= 15 is 0 Å². The Bertz CT molecular complexity index is 593. The Kier molecular flexibility index (Phi) is 4.75. The van der Waals surface area contributed by atoms with E-state index in [2.05, 4.69) is 0 Å². The molecule has 0 atom stereocenters. The van der Waals surface area contributed by atoms with Gasteiger partial charge in [0.2, 0.25) is 0 Å². The Hall–Kier alpha value is -1.20. The van der Waals surface area contributed by atoms with E-state index in [-0.39, 0.29) is 5.82 Å². The lowest BCUT2D eigenvalue weighted by molar-refractivity contribution is 0.00578. The van der Waals surface area contributed by atoms with Crippen LogP contribution in [0.1, 0.15) is 47.1 Å². The van der Waals surface area contributed by atoms with Gasteiger partial charge in [-0.15, -0.1) is 0 Å². The van der Waals surface area contributed by atoms with Crippen molar-refractivity contribution >= 4 is 7.12 Å². The van der Waals surface area contributed by atoms with Gasteiger partial charge in [0.15, 0.2) is 0 Å². The van der Waals surface area contributed by atoms with Gasteiger partial charge in [-0.1, -0.05) is 38.1 Å². The normalized spacial score (nSPS) is 20.9. The van der Waals surface area contributed by atoms with Crippen LogP contribution in [0.15, 0.2) is 36.1 Å². The first-order valence-corrected chi connectivity index (χ1v) is 7.91. The molecule has 0 amide bonds. The highest BCUT2D eigenvalue weighted by Gasteiger charge is 2.53. The van der Waals surface area contributed by atoms with Crippen molar-refractivity contribution in [2.24, 2.45) is 5.41 Å². The second-order valence-electron chi connectivity index (χ2n) is 7.87. The van der Waals surface area contributed by atoms with Crippen molar-refractivity contribution in [3.05, 3.63) is 47.4 Å². The molecule has 2 nitrogen and oxygen atoms in total. The number of hydrogen-bond acceptors (Lipinski definition) is 2. The third-order valence-electron chi connectivity index (χ3n) is 4.61. The minimum atomic E-state index is -1.01. The van der Waals surface area contributed by atoms with Gasteiger partial charge in [-0.2, -0.15) is 0 Å². The zero-order valence-corrected chi connectivity index (χ0v) is 14.7. The van der Waals surface area contributed by atoms with Crippen LogP contribution in [0, 0.1) is 11.2 Å². The molecule has 0 aromatic heterocycles. The number of halogens is 2. The van der Waals surface area contributed by atoms with Gasteiger partial charge in [0, 0.05) is 0 Å². The van der Waals surface area contributed by atoms with Gasteiger partial charge >= 0.3 is 7.12 Å². The molecule has 126 valence electrons. The third-order valence-corrected chi connectivity index (χ3v) is 4.61. The minimum absolute atomic E-state index is 0.273. The smallest absolute Gasteiger partial charge is 0.398 e. The molecule has 23 heavy (non-hydrogen) atoms. The van der Waals surface area contributed by atoms with Crippen molar-refractivity contribution in [2.45, 2.75) is 59.2 Å². The molecule has 2 rings (SSSR count). The fourth-order valence-corrected chi connectivity index (χ4v) is 2.58. The van der Waals surface area contributed by atoms with Crippen LogP contribution in [0.3, 0.4) is 0 Å². The first-order chi connectivity index (χ1) is 10.4. The molecule has 0 saturated carbocycles. The predicted octanol–water partition coefficient (Wildman–Crippen LogP) is 4.88. The summed E-state index contributed by atoms with van der Waals surface area (Å²) in [5.41, 5.74) is -1.63. The Labute approximate surface area is 138 Å². The molecule has 5 heteroatoms. The van der Waals surface area contributed by atoms with Crippen molar-refractivity contribution in [3.8, 4) is 0 Å². The van der Waals surface area contributed by atoms with Crippen LogP contribution in [0.2, 0.25) is 0 Å². The Balaban J connectivity index is 2.15. The van der Waals surface area contributed by atoms with E-state index in [1.807, 2.05) is 41.5 Å². The zero-order chi connectivity index (χ0) is 17.5. The second-order valence-corrected chi connectivity index (χ2v) is 7.87. The summed E-state index contributed by atoms with van der Waals surface area (Å²) in [4.78, 5) is 0. The monoisotopic (exact) mass is 322 g/mol. The van der Waals surface area contributed by atoms with E-state index in [0.29, 0.717) is 12.0 Å². The summed E-state index contributed by atoms with van der Waals surface area (Å²) in [7, 11) is -1.01. The van der Waals surface area contributed by atoms with Crippen molar-refractivity contribution < 1.29 is 18.1 Å². The molecule has 1 heterocycles. The van der Waals surface area contributed by atoms with Crippen molar-refractivity contribution in [2.75, 3.05) is 0 Å². The summed E-state index contributed by atoms with van der Waals surface area (Å²) in [5.74, 6) is -0.273. The van der Waals surface area contributed by atoms with Crippen LogP contribution in [0.25, 0.3) is 0 Å². The minimum Gasteiger partial charge on any atom is -0.398 e. The van der Waals surface area contributed by atoms with Crippen LogP contribution in [0.4, 0.5) is 8.78 Å². The van der Waals surface area contributed by atoms with Crippen LogP contribution >= 0.6 is 0 Å². The van der Waals surface area contributed by atoms with E-state index in [1.54, 1.807) is 18.2 Å². The van der Waals surface area contributed by atoms with Crippen LogP contribution in [-0.4, -0.2) is 18.3 Å². The molecular formula is C18H25BF2O2. The second kappa shape index (κ2) is 6.02. The summed E-state index contributed by atoms with van der Waals surface area (Å²) in [6.07, 6.45) is 1.87. The molecular weight excluding hydrogens is 297 g/mol. The highest BCUT2D eigenvalue weighted by molar-refractivity contribution is 6.53. The van der Waals surface area contributed by atoms with Crippen LogP contribution < -0.4 is 0 Å². The fourth-order valence-electron chi connectivity index (χ4n) is 2.58. The fraction of sp³-hybridized carbons (Fsp3) is 0.556. The topological polar surface area (TPSA) is 18.5 Å². The Morgan fingerprint density at radius 3 is 2.17 bits per heavy atom. The summed E-state index contributed by atoms with van der Waals surface area (Å²) in [6, 6.07) is 6.56. The first kappa shape index (κ1) is 18.1. The molecule has 0 aliphatic carbocycles. The molecule has 0 N–H and O–H groups in total. The summed E-state index contributed by atoms with van der Waals surface area (Å²) >= 11 is 0. The van der Waals surface area contributed by atoms with Gasteiger partial charge in [0.1, 0.15) is 11.5 Å². The Morgan fingerprint density at radius 2 is 1.65 bits per heavy atom. The third kappa shape index (κ3) is 4.02. The predicted molar refractivity (Wildman–Crippen MR) is 89.2 cm³/mol. The van der Waals surface area contributed by atoms with E-state index < -0.39 is 29.5 Å². The lowest BCUT2D eigenvalue weighted by Crippen LogP contribution is -2.41. The highest BCUT2D eigenvalue weighted by Crippen LogP contribution is 2.39. The van der Waals surface area contributed by atoms with E-state index in [4.69, 9.17) is 9.31 Å². The SMILES string of the molecule is CC(C)(C=C(F)B1OC(C)(C)C(C)(C)O1)Cc1ccccc1F. The standard InChI is InChI=1S/C18H25BF2O2/c1-16(2,11-13-9-7-8-10-14(13)20)12-15(21)19-22-17(3,4)18(5,6)23-19/h7-10,12H,11H2,1-6H3. The summed E-state index contributed by atoms with van der Waals surface area (Å²) in [6.45, 7) is 11.2. The number of hydrogen-bond donors (Lipinski definition) is 0. The lowest BCUT2D eigenvalue weighted by atomic mass is 9.78. The maximum absolute atomic E-state index is 14.6. The molecule has 1 aliphatic rings. The molecule has 0 unspecified atom stereocenters. The van der Waals surface area contributed by atoms with Crippen molar-refractivity contribution in [3.63, 3.8) is 0 Å². The zero-order valence-electron chi connectivity index (χ0n) is 14.7. The molecule has 0 radical (unpaired) electrons. The molecule has 0 spiro atoms. The number of benzene rings is 1. The molecule has 1 saturated heterocycles. The maximum Gasteiger partial charge on any atom is 0.524 e. The number of rotatable bonds is 4. The number of allylic oxidation sites excluding steroid dienone is 1. The van der Waals surface area contributed by atoms with Gasteiger partial charge in [-0.05, 0) is 51.2 Å². The van der Waals surface area contributed by atoms with Crippen molar-refractivity contribution in [1.29, 1.82) is 0 Å². The van der Waals surface area contributed by atoms with Gasteiger partial charge in [0.25, 0.3) is 0 Å². The quantitative estimate of drug-likeness (QED) is 0.736. The van der Waals surface area contributed by atoms with Gasteiger partial charge < -0.3 is 9.31 Å².